The van der Waals surface area contributed by atoms with Gasteiger partial charge >= 0.3 is 0 Å². The van der Waals surface area contributed by atoms with Crippen LogP contribution in [0.5, 0.6) is 11.5 Å². The predicted molar refractivity (Wildman–Crippen MR) is 248 cm³/mol. The second kappa shape index (κ2) is 12.8. The number of rotatable bonds is 3. The number of para-hydroxylation sites is 1. The zero-order valence-corrected chi connectivity index (χ0v) is 38.0. The van der Waals surface area contributed by atoms with Crippen molar-refractivity contribution in [2.24, 2.45) is 7.05 Å². The fraction of sp³-hybridized carbons (Fsp3) is 0.327. The summed E-state index contributed by atoms with van der Waals surface area (Å²) in [4.78, 5) is 1.68. The molecular formula is C55H57N5O. The third-order valence-corrected chi connectivity index (χ3v) is 13.1. The van der Waals surface area contributed by atoms with E-state index in [1.54, 1.807) is 4.80 Å². The maximum Gasteiger partial charge on any atom is 0.244 e. The number of aryl methyl sites for hydroxylation is 1. The summed E-state index contributed by atoms with van der Waals surface area (Å²) in [6.45, 7) is 28.5. The molecule has 0 saturated heterocycles. The summed E-state index contributed by atoms with van der Waals surface area (Å²) < 4.78 is 11.3. The fourth-order valence-corrected chi connectivity index (χ4v) is 10.0. The fourth-order valence-electron chi connectivity index (χ4n) is 10.0. The molecule has 10 rings (SSSR count). The Balaban J connectivity index is 1.29. The molecule has 0 fully saturated rings. The van der Waals surface area contributed by atoms with Gasteiger partial charge < -0.3 is 13.9 Å². The van der Waals surface area contributed by atoms with E-state index in [4.69, 9.17) is 14.9 Å². The first-order chi connectivity index (χ1) is 28.7. The van der Waals surface area contributed by atoms with Crippen molar-refractivity contribution in [1.29, 1.82) is 0 Å². The van der Waals surface area contributed by atoms with Crippen molar-refractivity contribution >= 4 is 22.1 Å². The van der Waals surface area contributed by atoms with E-state index < -0.39 is 5.41 Å². The van der Waals surface area contributed by atoms with E-state index >= 15 is 0 Å². The molecule has 0 amide bonds. The van der Waals surface area contributed by atoms with Gasteiger partial charge in [0.1, 0.15) is 22.5 Å². The first-order valence-electron chi connectivity index (χ1n) is 21.7. The van der Waals surface area contributed by atoms with Gasteiger partial charge in [-0.05, 0) is 114 Å². The van der Waals surface area contributed by atoms with Crippen LogP contribution in [0.25, 0.3) is 44.6 Å². The topological polar surface area (TPSA) is 48.8 Å². The molecule has 8 aromatic rings. The molecule has 6 heteroatoms. The highest BCUT2D eigenvalue weighted by atomic mass is 16.5. The van der Waals surface area contributed by atoms with Gasteiger partial charge in [-0.25, -0.2) is 0 Å². The van der Waals surface area contributed by atoms with Crippen molar-refractivity contribution < 1.29 is 9.30 Å². The van der Waals surface area contributed by atoms with E-state index in [1.807, 2.05) is 48.5 Å². The Kier molecular flexibility index (Phi) is 8.19. The minimum absolute atomic E-state index is 0.0498. The molecule has 0 N–H and O–H groups in total. The third-order valence-electron chi connectivity index (χ3n) is 13.1. The number of hydrogen-bond donors (Lipinski definition) is 0. The molecule has 61 heavy (non-hydrogen) atoms. The summed E-state index contributed by atoms with van der Waals surface area (Å²) in [6.07, 6.45) is 3.74. The van der Waals surface area contributed by atoms with E-state index in [0.717, 1.165) is 33.7 Å². The highest BCUT2D eigenvalue weighted by Gasteiger charge is 2.54. The number of ether oxygens (including phenoxy) is 1. The summed E-state index contributed by atoms with van der Waals surface area (Å²) in [7, 11) is 2.11. The predicted octanol–water partition coefficient (Wildman–Crippen LogP) is 12.6. The van der Waals surface area contributed by atoms with Gasteiger partial charge in [0.15, 0.2) is 0 Å². The van der Waals surface area contributed by atoms with Crippen molar-refractivity contribution in [3.8, 4) is 34.0 Å². The number of imidazole rings is 1. The number of benzene rings is 6. The minimum atomic E-state index is -0.640. The lowest BCUT2D eigenvalue weighted by Crippen LogP contribution is -2.38. The highest BCUT2D eigenvalue weighted by Crippen LogP contribution is 2.64. The van der Waals surface area contributed by atoms with Crippen LogP contribution in [-0.2, 0) is 34.1 Å². The molecular weight excluding hydrogens is 747 g/mol. The Morgan fingerprint density at radius 2 is 1.11 bits per heavy atom. The Hall–Kier alpha value is -6.01. The van der Waals surface area contributed by atoms with Crippen molar-refractivity contribution in [1.82, 2.24) is 19.6 Å². The van der Waals surface area contributed by atoms with Gasteiger partial charge in [0.2, 0.25) is 6.33 Å². The first kappa shape index (κ1) is 39.1. The molecule has 0 radical (unpaired) electrons. The van der Waals surface area contributed by atoms with Gasteiger partial charge in [-0.3, -0.25) is 0 Å². The Bertz CT molecular complexity index is 3000. The lowest BCUT2D eigenvalue weighted by Gasteiger charge is -2.45. The van der Waals surface area contributed by atoms with Crippen LogP contribution >= 0.6 is 0 Å². The molecule has 1 spiro atoms. The number of fused-ring (bicyclic) bond motifs is 10. The lowest BCUT2D eigenvalue weighted by atomic mass is 9.60. The van der Waals surface area contributed by atoms with Gasteiger partial charge in [0.05, 0.1) is 34.9 Å². The molecule has 0 unspecified atom stereocenters. The molecule has 1 aliphatic carbocycles. The van der Waals surface area contributed by atoms with Crippen LogP contribution in [0.2, 0.25) is 0 Å². The van der Waals surface area contributed by atoms with Crippen molar-refractivity contribution in [2.45, 2.75) is 110 Å². The third kappa shape index (κ3) is 5.85. The Morgan fingerprint density at radius 1 is 0.557 bits per heavy atom. The maximum absolute atomic E-state index is 6.82. The summed E-state index contributed by atoms with van der Waals surface area (Å²) in [5, 5.41) is 9.48. The van der Waals surface area contributed by atoms with E-state index in [-0.39, 0.29) is 21.7 Å². The first-order valence-corrected chi connectivity index (χ1v) is 21.7. The molecule has 0 atom stereocenters. The van der Waals surface area contributed by atoms with Crippen molar-refractivity contribution in [3.05, 3.63) is 160 Å². The van der Waals surface area contributed by atoms with Crippen LogP contribution in [-0.4, -0.2) is 19.6 Å². The van der Waals surface area contributed by atoms with Crippen LogP contribution < -0.4 is 9.30 Å². The molecule has 1 aliphatic heterocycles. The average Bonchev–Trinajstić information content (AvgIpc) is 3.86. The number of aromatic nitrogens is 5. The highest BCUT2D eigenvalue weighted by molar-refractivity contribution is 5.97. The van der Waals surface area contributed by atoms with Gasteiger partial charge in [-0.15, -0.1) is 10.2 Å². The standard InChI is InChI=1S/C55H57N5O/c1-51(2,3)33-26-38-39-27-34(52(4,5)6)29-43(54(10,11)12)49(39)55(48(38)42(28-33)53(7,8)9)40-25-24-37(31-47(40)59-32-58(13)46-23-17-20-41(55)50(46)59)61-36-19-16-18-35(30-36)60-56-44-21-14-15-22-45(44)57-60/h14-31H,1-13H3. The minimum Gasteiger partial charge on any atom is -0.458 e. The average molecular weight is 804 g/mol. The van der Waals surface area contributed by atoms with Crippen LogP contribution in [0.1, 0.15) is 128 Å². The second-order valence-corrected chi connectivity index (χ2v) is 21.6. The quantitative estimate of drug-likeness (QED) is 0.132. The van der Waals surface area contributed by atoms with Gasteiger partial charge in [0.25, 0.3) is 0 Å². The van der Waals surface area contributed by atoms with Crippen molar-refractivity contribution in [2.75, 3.05) is 0 Å². The SMILES string of the molecule is C[n+]1[c-]n2c3c(cccc31)C1(c3ccc(Oc4cccc(-n5nc6ccccc6n5)c4)cc3-2)c2c(cc(C(C)(C)C)cc2C(C)(C)C)-c2cc(C(C)(C)C)cc(C(C)(C)C)c21. The lowest BCUT2D eigenvalue weighted by molar-refractivity contribution is -0.649. The second-order valence-electron chi connectivity index (χ2n) is 21.6. The molecule has 2 aromatic heterocycles. The number of hydrogen-bond acceptors (Lipinski definition) is 3. The molecule has 0 saturated carbocycles. The van der Waals surface area contributed by atoms with E-state index in [0.29, 0.717) is 5.75 Å². The van der Waals surface area contributed by atoms with Gasteiger partial charge in [-0.2, -0.15) is 4.80 Å². The number of nitrogens with zero attached hydrogens (tertiary/aromatic N) is 5. The molecule has 308 valence electrons. The van der Waals surface area contributed by atoms with E-state index in [1.165, 1.54) is 61.2 Å². The van der Waals surface area contributed by atoms with Gasteiger partial charge in [-0.1, -0.05) is 150 Å². The molecule has 6 aromatic carbocycles. The van der Waals surface area contributed by atoms with Crippen LogP contribution in [0.3, 0.4) is 0 Å². The molecule has 6 nitrogen and oxygen atoms in total. The largest absolute Gasteiger partial charge is 0.458 e. The maximum atomic E-state index is 6.82. The monoisotopic (exact) mass is 803 g/mol. The summed E-state index contributed by atoms with van der Waals surface area (Å²) >= 11 is 0. The Morgan fingerprint density at radius 3 is 1.67 bits per heavy atom. The summed E-state index contributed by atoms with van der Waals surface area (Å²) in [6, 6.07) is 39.7. The zero-order chi connectivity index (χ0) is 43.2. The summed E-state index contributed by atoms with van der Waals surface area (Å²) in [5.41, 5.74) is 18.3. The van der Waals surface area contributed by atoms with E-state index in [2.05, 4.69) is 166 Å². The van der Waals surface area contributed by atoms with Crippen LogP contribution in [0, 0.1) is 6.33 Å². The van der Waals surface area contributed by atoms with Gasteiger partial charge in [0, 0.05) is 6.07 Å². The van der Waals surface area contributed by atoms with Crippen LogP contribution in [0.4, 0.5) is 0 Å². The summed E-state index contributed by atoms with van der Waals surface area (Å²) in [5.74, 6) is 1.46. The molecule has 3 heterocycles. The van der Waals surface area contributed by atoms with Crippen LogP contribution in [0.15, 0.2) is 109 Å². The van der Waals surface area contributed by atoms with Crippen molar-refractivity contribution in [3.63, 3.8) is 0 Å². The zero-order valence-electron chi connectivity index (χ0n) is 38.0. The molecule has 2 aliphatic rings. The smallest absolute Gasteiger partial charge is 0.244 e. The Labute approximate surface area is 360 Å². The van der Waals surface area contributed by atoms with E-state index in [9.17, 15) is 0 Å². The molecule has 0 bridgehead atoms. The normalized spacial score (nSPS) is 14.4.